The largest absolute Gasteiger partial charge is 0.399 e. The molecule has 0 radical (unpaired) electrons. The Labute approximate surface area is 193 Å². The first-order valence-electron chi connectivity index (χ1n) is 10.9. The Hall–Kier alpha value is -3.77. The van der Waals surface area contributed by atoms with E-state index in [1.54, 1.807) is 0 Å². The number of aliphatic hydroxyl groups excluding tert-OH is 1. The summed E-state index contributed by atoms with van der Waals surface area (Å²) in [5.41, 5.74) is 13.6. The lowest BCUT2D eigenvalue weighted by atomic mass is 10.1. The van der Waals surface area contributed by atoms with Gasteiger partial charge in [0.05, 0.1) is 30.6 Å². The summed E-state index contributed by atoms with van der Waals surface area (Å²) in [5, 5.41) is 27.9. The number of anilines is 2. The van der Waals surface area contributed by atoms with Crippen molar-refractivity contribution in [3.05, 3.63) is 55.1 Å². The lowest BCUT2D eigenvalue weighted by molar-refractivity contribution is -0.107. The second-order valence-corrected chi connectivity index (χ2v) is 8.55. The van der Waals surface area contributed by atoms with Crippen molar-refractivity contribution in [2.75, 3.05) is 24.6 Å². The number of imidazole rings is 1. The van der Waals surface area contributed by atoms with Gasteiger partial charge in [0.2, 0.25) is 0 Å². The van der Waals surface area contributed by atoms with E-state index < -0.39 is 17.9 Å². The number of fused-ring (bicyclic) bond motifs is 4. The number of nitrogens with one attached hydrogen (secondary N) is 1. The third-order valence-electron chi connectivity index (χ3n) is 6.53. The number of rotatable bonds is 5. The maximum absolute atomic E-state index is 11.3. The summed E-state index contributed by atoms with van der Waals surface area (Å²) in [5.74, 6) is 0.200. The van der Waals surface area contributed by atoms with Crippen molar-refractivity contribution < 1.29 is 14.9 Å². The molecule has 1 aliphatic rings. The summed E-state index contributed by atoms with van der Waals surface area (Å²) in [6.45, 7) is 0.654. The molecule has 6 rings (SSSR count). The fraction of sp³-hybridized carbons (Fsp3) is 0.261. The average molecular weight is 460 g/mol. The quantitative estimate of drug-likeness (QED) is 0.238. The van der Waals surface area contributed by atoms with E-state index in [1.807, 2.05) is 30.3 Å². The minimum absolute atomic E-state index is 0.123. The van der Waals surface area contributed by atoms with Gasteiger partial charge in [-0.05, 0) is 18.2 Å². The third kappa shape index (κ3) is 3.02. The molecule has 0 spiro atoms. The SMILES string of the molecule is Nc1ccc2c3ccccc3n(CNCC3OC[C@@](O)(n4cnc5c(N)ncnc54)C3O)c2c1. The monoisotopic (exact) mass is 460 g/mol. The zero-order valence-electron chi connectivity index (χ0n) is 18.2. The fourth-order valence-corrected chi connectivity index (χ4v) is 4.78. The molecule has 2 unspecified atom stereocenters. The van der Waals surface area contributed by atoms with E-state index in [1.165, 1.54) is 17.2 Å². The molecule has 174 valence electrons. The molecule has 0 aliphatic carbocycles. The molecule has 3 atom stereocenters. The number of aromatic nitrogens is 5. The lowest BCUT2D eigenvalue weighted by Crippen LogP contribution is -2.48. The summed E-state index contributed by atoms with van der Waals surface area (Å²) in [7, 11) is 0. The van der Waals surface area contributed by atoms with Crippen molar-refractivity contribution >= 4 is 44.5 Å². The van der Waals surface area contributed by atoms with Gasteiger partial charge in [0.25, 0.3) is 0 Å². The Morgan fingerprint density at radius 2 is 1.91 bits per heavy atom. The Kier molecular flexibility index (Phi) is 4.67. The maximum Gasteiger partial charge on any atom is 0.197 e. The van der Waals surface area contributed by atoms with Crippen LogP contribution in [-0.2, 0) is 17.1 Å². The molecule has 3 aromatic heterocycles. The number of hydrogen-bond acceptors (Lipinski definition) is 9. The van der Waals surface area contributed by atoms with E-state index in [2.05, 4.69) is 37.0 Å². The van der Waals surface area contributed by atoms with E-state index in [0.717, 1.165) is 21.8 Å². The molecule has 0 bridgehead atoms. The van der Waals surface area contributed by atoms with Gasteiger partial charge in [-0.3, -0.25) is 9.88 Å². The molecule has 1 aliphatic heterocycles. The summed E-state index contributed by atoms with van der Waals surface area (Å²) in [4.78, 5) is 12.3. The highest BCUT2D eigenvalue weighted by Crippen LogP contribution is 2.33. The van der Waals surface area contributed by atoms with Crippen molar-refractivity contribution in [3.63, 3.8) is 0 Å². The van der Waals surface area contributed by atoms with Crippen molar-refractivity contribution in [2.45, 2.75) is 24.6 Å². The molecule has 7 N–H and O–H groups in total. The molecule has 5 aromatic rings. The molecule has 4 heterocycles. The summed E-state index contributed by atoms with van der Waals surface area (Å²) >= 11 is 0. The summed E-state index contributed by atoms with van der Waals surface area (Å²) < 4.78 is 9.31. The molecule has 1 fully saturated rings. The summed E-state index contributed by atoms with van der Waals surface area (Å²) in [6.07, 6.45) is 0.807. The molecular formula is C23H24N8O3. The van der Waals surface area contributed by atoms with Gasteiger partial charge < -0.3 is 31.0 Å². The minimum Gasteiger partial charge on any atom is -0.399 e. The Morgan fingerprint density at radius 1 is 1.09 bits per heavy atom. The molecule has 11 heteroatoms. The highest BCUT2D eigenvalue weighted by atomic mass is 16.5. The van der Waals surface area contributed by atoms with Gasteiger partial charge in [0.15, 0.2) is 17.2 Å². The van der Waals surface area contributed by atoms with Gasteiger partial charge in [-0.2, -0.15) is 0 Å². The van der Waals surface area contributed by atoms with Gasteiger partial charge in [-0.15, -0.1) is 0 Å². The van der Waals surface area contributed by atoms with Crippen molar-refractivity contribution in [1.29, 1.82) is 0 Å². The van der Waals surface area contributed by atoms with Gasteiger partial charge in [0, 0.05) is 23.0 Å². The van der Waals surface area contributed by atoms with Crippen LogP contribution >= 0.6 is 0 Å². The van der Waals surface area contributed by atoms with Crippen LogP contribution in [0.25, 0.3) is 33.0 Å². The summed E-state index contributed by atoms with van der Waals surface area (Å²) in [6, 6.07) is 14.0. The molecule has 2 aromatic carbocycles. The van der Waals surface area contributed by atoms with Crippen molar-refractivity contribution in [1.82, 2.24) is 29.4 Å². The number of aliphatic hydroxyl groups is 2. The second kappa shape index (κ2) is 7.64. The Balaban J connectivity index is 1.23. The van der Waals surface area contributed by atoms with Crippen LogP contribution in [0.3, 0.4) is 0 Å². The van der Waals surface area contributed by atoms with Crippen LogP contribution in [0, 0.1) is 0 Å². The first-order chi connectivity index (χ1) is 16.5. The van der Waals surface area contributed by atoms with Gasteiger partial charge in [-0.1, -0.05) is 24.3 Å². The topological polar surface area (TPSA) is 162 Å². The van der Waals surface area contributed by atoms with E-state index in [0.29, 0.717) is 30.1 Å². The number of nitrogen functional groups attached to an aromatic ring is 2. The minimum atomic E-state index is -1.73. The third-order valence-corrected chi connectivity index (χ3v) is 6.53. The number of ether oxygens (including phenoxy) is 1. The first-order valence-corrected chi connectivity index (χ1v) is 10.9. The predicted octanol–water partition coefficient (Wildman–Crippen LogP) is 0.751. The first kappa shape index (κ1) is 20.8. The fourth-order valence-electron chi connectivity index (χ4n) is 4.78. The van der Waals surface area contributed by atoms with Crippen LogP contribution in [0.5, 0.6) is 0 Å². The normalized spacial score (nSPS) is 22.9. The van der Waals surface area contributed by atoms with Gasteiger partial charge >= 0.3 is 0 Å². The molecule has 0 saturated carbocycles. The van der Waals surface area contributed by atoms with E-state index >= 15 is 0 Å². The van der Waals surface area contributed by atoms with Crippen LogP contribution < -0.4 is 16.8 Å². The molecule has 11 nitrogen and oxygen atoms in total. The highest BCUT2D eigenvalue weighted by Gasteiger charge is 2.50. The standard InChI is InChI=1S/C23H24N8O3/c24-13-5-6-15-14-3-1-2-4-16(14)30(17(15)7-13)11-26-8-18-20(32)23(33,9-34-18)31-12-29-19-21(25)27-10-28-22(19)31/h1-7,10,12,18,20,26,32-33H,8-9,11,24H2,(H2,25,27,28)/t18?,20?,23-/m0/s1. The molecule has 1 saturated heterocycles. The lowest BCUT2D eigenvalue weighted by Gasteiger charge is -2.28. The number of para-hydroxylation sites is 1. The Morgan fingerprint density at radius 3 is 2.79 bits per heavy atom. The Bertz CT molecular complexity index is 1530. The van der Waals surface area contributed by atoms with E-state index in [-0.39, 0.29) is 12.4 Å². The highest BCUT2D eigenvalue weighted by molar-refractivity contribution is 6.08. The van der Waals surface area contributed by atoms with Crippen LogP contribution in [0.4, 0.5) is 11.5 Å². The zero-order chi connectivity index (χ0) is 23.4. The average Bonchev–Trinajstić information content (AvgIpc) is 3.49. The number of nitrogens with zero attached hydrogens (tertiary/aromatic N) is 5. The van der Waals surface area contributed by atoms with E-state index in [9.17, 15) is 10.2 Å². The number of nitrogens with two attached hydrogens (primary N) is 2. The van der Waals surface area contributed by atoms with Gasteiger partial charge in [0.1, 0.15) is 24.1 Å². The van der Waals surface area contributed by atoms with Crippen LogP contribution in [0.1, 0.15) is 0 Å². The molecule has 34 heavy (non-hydrogen) atoms. The van der Waals surface area contributed by atoms with Crippen molar-refractivity contribution in [3.8, 4) is 0 Å². The molecule has 0 amide bonds. The van der Waals surface area contributed by atoms with Crippen LogP contribution in [0.2, 0.25) is 0 Å². The molecular weight excluding hydrogens is 436 g/mol. The van der Waals surface area contributed by atoms with Crippen molar-refractivity contribution in [2.24, 2.45) is 0 Å². The van der Waals surface area contributed by atoms with Gasteiger partial charge in [-0.25, -0.2) is 15.0 Å². The van der Waals surface area contributed by atoms with Crippen LogP contribution in [-0.4, -0.2) is 59.7 Å². The second-order valence-electron chi connectivity index (χ2n) is 8.55. The smallest absolute Gasteiger partial charge is 0.197 e. The predicted molar refractivity (Wildman–Crippen MR) is 128 cm³/mol. The number of hydrogen-bond donors (Lipinski definition) is 5. The zero-order valence-corrected chi connectivity index (χ0v) is 18.2. The maximum atomic E-state index is 11.3. The number of benzene rings is 2. The van der Waals surface area contributed by atoms with E-state index in [4.69, 9.17) is 16.2 Å². The van der Waals surface area contributed by atoms with Crippen LogP contribution in [0.15, 0.2) is 55.1 Å².